The molecule has 0 saturated carbocycles. The Morgan fingerprint density at radius 3 is 1.85 bits per heavy atom. The third-order valence-electron chi connectivity index (χ3n) is 7.32. The molecule has 3 amide bonds. The largest absolute Gasteiger partial charge is 0.508 e. The second kappa shape index (κ2) is 18.0. The lowest BCUT2D eigenvalue weighted by molar-refractivity contribution is 0.0618. The van der Waals surface area contributed by atoms with Gasteiger partial charge in [0, 0.05) is 57.0 Å². The zero-order valence-corrected chi connectivity index (χ0v) is 28.9. The van der Waals surface area contributed by atoms with Gasteiger partial charge in [0.25, 0.3) is 17.7 Å². The van der Waals surface area contributed by atoms with Crippen LogP contribution >= 0.6 is 0 Å². The minimum absolute atomic E-state index is 0.0573. The fraction of sp³-hybridized carbons (Fsp3) is 0.545. The number of phenolic OH excluding ortho intramolecular Hbond substituents is 1. The molecule has 46 heavy (non-hydrogen) atoms. The Labute approximate surface area is 273 Å². The van der Waals surface area contributed by atoms with E-state index in [2.05, 4.69) is 10.1 Å². The van der Waals surface area contributed by atoms with Crippen molar-refractivity contribution in [2.24, 2.45) is 0 Å². The molecule has 0 aromatic heterocycles. The first-order valence-electron chi connectivity index (χ1n) is 15.8. The number of phenols is 1. The fourth-order valence-electron chi connectivity index (χ4n) is 4.80. The van der Waals surface area contributed by atoms with Crippen molar-refractivity contribution in [1.82, 2.24) is 25.0 Å². The Bertz CT molecular complexity index is 1410. The molecule has 0 aliphatic rings. The number of hydrazine groups is 1. The van der Waals surface area contributed by atoms with Gasteiger partial charge < -0.3 is 25.3 Å². The number of carbonyl (C=O) groups excluding carboxylic acids is 3. The van der Waals surface area contributed by atoms with E-state index in [9.17, 15) is 33.0 Å². The molecule has 0 radical (unpaired) electrons. The number of aliphatic hydroxyl groups excluding tert-OH is 1. The van der Waals surface area contributed by atoms with Crippen molar-refractivity contribution in [3.63, 3.8) is 0 Å². The summed E-state index contributed by atoms with van der Waals surface area (Å²) in [5, 5.41) is 24.8. The van der Waals surface area contributed by atoms with Gasteiger partial charge in [-0.2, -0.15) is 0 Å². The molecule has 0 aliphatic heterocycles. The van der Waals surface area contributed by atoms with Gasteiger partial charge in [-0.15, -0.1) is 4.83 Å². The van der Waals surface area contributed by atoms with Crippen LogP contribution in [0.4, 0.5) is 0 Å². The summed E-state index contributed by atoms with van der Waals surface area (Å²) < 4.78 is 25.2. The summed E-state index contributed by atoms with van der Waals surface area (Å²) in [4.78, 5) is 46.0. The quantitative estimate of drug-likeness (QED) is 0.178. The first-order chi connectivity index (χ1) is 21.6. The smallest absolute Gasteiger partial charge is 0.253 e. The zero-order valence-electron chi connectivity index (χ0n) is 28.1. The summed E-state index contributed by atoms with van der Waals surface area (Å²) in [6.07, 6.45) is 0.992. The molecule has 0 heterocycles. The van der Waals surface area contributed by atoms with E-state index in [0.717, 1.165) is 12.8 Å². The van der Waals surface area contributed by atoms with Gasteiger partial charge in [0.1, 0.15) is 5.75 Å². The summed E-state index contributed by atoms with van der Waals surface area (Å²) in [5.41, 5.74) is 1.14. The van der Waals surface area contributed by atoms with E-state index in [0.29, 0.717) is 31.6 Å². The summed E-state index contributed by atoms with van der Waals surface area (Å²) in [5.74, 6) is -1.23. The van der Waals surface area contributed by atoms with Gasteiger partial charge in [-0.05, 0) is 75.4 Å². The summed E-state index contributed by atoms with van der Waals surface area (Å²) in [6, 6.07) is 9.76. The number of nitrogens with one attached hydrogen (secondary N) is 2. The van der Waals surface area contributed by atoms with Gasteiger partial charge in [0.15, 0.2) is 0 Å². The molecule has 0 saturated heterocycles. The van der Waals surface area contributed by atoms with Crippen LogP contribution in [-0.2, 0) is 16.4 Å². The molecule has 2 unspecified atom stereocenters. The van der Waals surface area contributed by atoms with Crippen LogP contribution in [0.15, 0.2) is 42.5 Å². The number of aliphatic hydroxyl groups is 1. The van der Waals surface area contributed by atoms with Crippen molar-refractivity contribution in [3.8, 4) is 5.75 Å². The van der Waals surface area contributed by atoms with Crippen LogP contribution in [0.5, 0.6) is 5.75 Å². The molecular weight excluding hydrogens is 610 g/mol. The second-order valence-corrected chi connectivity index (χ2v) is 14.2. The first-order valence-corrected chi connectivity index (χ1v) is 17.4. The maximum atomic E-state index is 13.8. The van der Waals surface area contributed by atoms with Gasteiger partial charge in [-0.25, -0.2) is 13.4 Å². The third kappa shape index (κ3) is 11.4. The van der Waals surface area contributed by atoms with E-state index in [4.69, 9.17) is 0 Å². The Morgan fingerprint density at radius 2 is 1.35 bits per heavy atom. The maximum absolute atomic E-state index is 13.8. The zero-order chi connectivity index (χ0) is 34.6. The molecule has 2 atom stereocenters. The van der Waals surface area contributed by atoms with Crippen molar-refractivity contribution in [3.05, 3.63) is 64.7 Å². The highest BCUT2D eigenvalue weighted by Crippen LogP contribution is 2.18. The van der Waals surface area contributed by atoms with E-state index in [1.54, 1.807) is 45.0 Å². The monoisotopic (exact) mass is 661 g/mol. The molecule has 12 nitrogen and oxygen atoms in total. The predicted molar refractivity (Wildman–Crippen MR) is 179 cm³/mol. The molecule has 256 valence electrons. The number of benzene rings is 2. The van der Waals surface area contributed by atoms with Crippen molar-refractivity contribution in [2.75, 3.05) is 40.3 Å². The van der Waals surface area contributed by atoms with Gasteiger partial charge >= 0.3 is 0 Å². The highest BCUT2D eigenvalue weighted by atomic mass is 32.2. The first kappa shape index (κ1) is 38.7. The van der Waals surface area contributed by atoms with E-state index >= 15 is 0 Å². The fourth-order valence-corrected chi connectivity index (χ4v) is 5.54. The topological polar surface area (TPSA) is 160 Å². The lowest BCUT2D eigenvalue weighted by Gasteiger charge is -2.30. The summed E-state index contributed by atoms with van der Waals surface area (Å²) >= 11 is 0. The number of amides is 3. The van der Waals surface area contributed by atoms with Crippen molar-refractivity contribution in [1.29, 1.82) is 0 Å². The van der Waals surface area contributed by atoms with Crippen LogP contribution < -0.4 is 10.1 Å². The van der Waals surface area contributed by atoms with Crippen LogP contribution in [0.2, 0.25) is 0 Å². The molecule has 0 fully saturated rings. The molecule has 4 N–H and O–H groups in total. The van der Waals surface area contributed by atoms with E-state index in [-0.39, 0.29) is 47.2 Å². The standard InChI is InChI=1S/C33H51N5O7S/c1-8-15-37(16-9-2)33(43)27-20-25(19-26(21-27)32(42)36(6)7)31(41)34-29(18-24-11-13-28(39)14-12-24)30(40)22-38(17-10-3)35-46(44,45)23(4)5/h11-14,19-21,23,29-30,35,39-40H,8-10,15-18,22H2,1-7H3,(H,34,41). The van der Waals surface area contributed by atoms with Crippen LogP contribution in [0, 0.1) is 0 Å². The molecule has 13 heteroatoms. The number of nitrogens with zero attached hydrogens (tertiary/aromatic N) is 3. The molecule has 2 rings (SSSR count). The molecule has 0 spiro atoms. The molecular formula is C33H51N5O7S. The van der Waals surface area contributed by atoms with Crippen LogP contribution in [-0.4, -0.2) is 109 Å². The number of sulfonamides is 1. The number of hydrogen-bond donors (Lipinski definition) is 4. The highest BCUT2D eigenvalue weighted by molar-refractivity contribution is 7.90. The average molecular weight is 662 g/mol. The Morgan fingerprint density at radius 1 is 0.826 bits per heavy atom. The van der Waals surface area contributed by atoms with Crippen molar-refractivity contribution >= 4 is 27.7 Å². The second-order valence-electron chi connectivity index (χ2n) is 11.9. The van der Waals surface area contributed by atoms with Crippen molar-refractivity contribution in [2.45, 2.75) is 77.7 Å². The van der Waals surface area contributed by atoms with Gasteiger partial charge in [-0.3, -0.25) is 14.4 Å². The molecule has 0 aliphatic carbocycles. The van der Waals surface area contributed by atoms with Gasteiger partial charge in [-0.1, -0.05) is 32.9 Å². The Balaban J connectivity index is 2.51. The minimum atomic E-state index is -3.69. The van der Waals surface area contributed by atoms with Gasteiger partial charge in [0.05, 0.1) is 17.4 Å². The van der Waals surface area contributed by atoms with Crippen LogP contribution in [0.3, 0.4) is 0 Å². The maximum Gasteiger partial charge on any atom is 0.253 e. The number of aromatic hydroxyl groups is 1. The highest BCUT2D eigenvalue weighted by Gasteiger charge is 2.28. The van der Waals surface area contributed by atoms with E-state index < -0.39 is 33.3 Å². The lowest BCUT2D eigenvalue weighted by atomic mass is 9.99. The Kier molecular flexibility index (Phi) is 15.1. The summed E-state index contributed by atoms with van der Waals surface area (Å²) in [6.45, 7) is 10.1. The summed E-state index contributed by atoms with van der Waals surface area (Å²) in [7, 11) is -0.531. The van der Waals surface area contributed by atoms with Crippen LogP contribution in [0.25, 0.3) is 0 Å². The normalized spacial score (nSPS) is 13.0. The number of carbonyl (C=O) groups is 3. The van der Waals surface area contributed by atoms with Crippen LogP contribution in [0.1, 0.15) is 90.5 Å². The minimum Gasteiger partial charge on any atom is -0.508 e. The number of hydrogen-bond acceptors (Lipinski definition) is 8. The third-order valence-corrected chi connectivity index (χ3v) is 9.07. The number of rotatable bonds is 18. The van der Waals surface area contributed by atoms with E-state index in [1.807, 2.05) is 20.8 Å². The Hall–Kier alpha value is -3.52. The van der Waals surface area contributed by atoms with E-state index in [1.165, 1.54) is 40.2 Å². The SMILES string of the molecule is CCCN(CC(O)C(Cc1ccc(O)cc1)NC(=O)c1cc(C(=O)N(C)C)cc(C(=O)N(CCC)CCC)c1)NS(=O)(=O)C(C)C. The average Bonchev–Trinajstić information content (AvgIpc) is 3.00. The van der Waals surface area contributed by atoms with Crippen molar-refractivity contribution < 1.29 is 33.0 Å². The molecule has 2 aromatic carbocycles. The molecule has 2 aromatic rings. The van der Waals surface area contributed by atoms with Gasteiger partial charge in [0.2, 0.25) is 10.0 Å². The predicted octanol–water partition coefficient (Wildman–Crippen LogP) is 3.01. The lowest BCUT2D eigenvalue weighted by Crippen LogP contribution is -2.54. The molecule has 0 bridgehead atoms.